The molecular weight excluding hydrogens is 306 g/mol. The number of nitrogens with zero attached hydrogens (tertiary/aromatic N) is 4. The van der Waals surface area contributed by atoms with Crippen LogP contribution < -0.4 is 5.73 Å². The van der Waals surface area contributed by atoms with Gasteiger partial charge in [-0.2, -0.15) is 5.10 Å². The zero-order chi connectivity index (χ0) is 17.3. The van der Waals surface area contributed by atoms with E-state index in [0.29, 0.717) is 31.6 Å². The van der Waals surface area contributed by atoms with Crippen LogP contribution in [0.4, 0.5) is 4.79 Å². The van der Waals surface area contributed by atoms with Crippen molar-refractivity contribution in [1.82, 2.24) is 19.6 Å². The largest absolute Gasteiger partial charge is 0.366 e. The predicted molar refractivity (Wildman–Crippen MR) is 89.1 cm³/mol. The molecule has 1 aromatic heterocycles. The number of amides is 3. The Morgan fingerprint density at radius 1 is 1.38 bits per heavy atom. The van der Waals surface area contributed by atoms with E-state index in [1.54, 1.807) is 33.8 Å². The summed E-state index contributed by atoms with van der Waals surface area (Å²) in [7, 11) is 3.63. The summed E-state index contributed by atoms with van der Waals surface area (Å²) in [5.74, 6) is -0.416. The first-order chi connectivity index (χ1) is 11.5. The Morgan fingerprint density at radius 3 is 2.83 bits per heavy atom. The molecule has 0 saturated carbocycles. The van der Waals surface area contributed by atoms with Crippen LogP contribution in [0.25, 0.3) is 0 Å². The molecule has 0 spiro atoms. The van der Waals surface area contributed by atoms with Crippen LogP contribution in [0.3, 0.4) is 0 Å². The van der Waals surface area contributed by atoms with Gasteiger partial charge in [0.05, 0.1) is 12.7 Å². The van der Waals surface area contributed by atoms with E-state index in [-0.39, 0.29) is 6.03 Å². The Bertz CT molecular complexity index is 783. The summed E-state index contributed by atoms with van der Waals surface area (Å²) >= 11 is 0. The van der Waals surface area contributed by atoms with Crippen molar-refractivity contribution >= 4 is 11.9 Å². The van der Waals surface area contributed by atoms with E-state index < -0.39 is 5.91 Å². The number of aromatic nitrogens is 2. The summed E-state index contributed by atoms with van der Waals surface area (Å²) in [6, 6.07) is 5.47. The van der Waals surface area contributed by atoms with E-state index in [0.717, 1.165) is 16.7 Å². The van der Waals surface area contributed by atoms with Crippen LogP contribution in [0.15, 0.2) is 30.6 Å². The molecule has 3 amide bonds. The van der Waals surface area contributed by atoms with Gasteiger partial charge in [0.2, 0.25) is 5.91 Å². The average Bonchev–Trinajstić information content (AvgIpc) is 2.97. The molecule has 0 saturated heterocycles. The fourth-order valence-electron chi connectivity index (χ4n) is 3.14. The first kappa shape index (κ1) is 16.0. The minimum Gasteiger partial charge on any atom is -0.366 e. The van der Waals surface area contributed by atoms with Crippen molar-refractivity contribution in [3.63, 3.8) is 0 Å². The van der Waals surface area contributed by atoms with E-state index in [9.17, 15) is 9.59 Å². The van der Waals surface area contributed by atoms with Gasteiger partial charge in [-0.15, -0.1) is 0 Å². The standard InChI is InChI=1S/C17H21N5O2/c1-20(9-12-8-19-21(2)10-12)17(24)22-7-6-14-13(11-22)4-3-5-15(14)16(18)23/h3-5,8,10H,6-7,9,11H2,1-2H3,(H2,18,23). The van der Waals surface area contributed by atoms with E-state index in [1.807, 2.05) is 25.4 Å². The third-order valence-electron chi connectivity index (χ3n) is 4.31. The topological polar surface area (TPSA) is 84.5 Å². The maximum atomic E-state index is 12.7. The second-order valence-corrected chi connectivity index (χ2v) is 6.14. The van der Waals surface area contributed by atoms with Gasteiger partial charge in [0.15, 0.2) is 0 Å². The fourth-order valence-corrected chi connectivity index (χ4v) is 3.14. The molecule has 7 nitrogen and oxygen atoms in total. The van der Waals surface area contributed by atoms with Gasteiger partial charge in [-0.05, 0) is 23.6 Å². The lowest BCUT2D eigenvalue weighted by molar-refractivity contribution is 0.0998. The molecule has 7 heteroatoms. The van der Waals surface area contributed by atoms with Gasteiger partial charge in [0, 0.05) is 44.5 Å². The average molecular weight is 327 g/mol. The van der Waals surface area contributed by atoms with E-state index in [1.165, 1.54) is 0 Å². The smallest absolute Gasteiger partial charge is 0.320 e. The molecular formula is C17H21N5O2. The zero-order valence-electron chi connectivity index (χ0n) is 13.9. The van der Waals surface area contributed by atoms with Crippen LogP contribution in [0, 0.1) is 0 Å². The number of fused-ring (bicyclic) bond motifs is 1. The molecule has 2 aromatic rings. The summed E-state index contributed by atoms with van der Waals surface area (Å²) in [5, 5.41) is 4.12. The summed E-state index contributed by atoms with van der Waals surface area (Å²) in [4.78, 5) is 27.7. The van der Waals surface area contributed by atoms with Crippen LogP contribution >= 0.6 is 0 Å². The molecule has 2 N–H and O–H groups in total. The predicted octanol–water partition coefficient (Wildman–Crippen LogP) is 1.13. The summed E-state index contributed by atoms with van der Waals surface area (Å²) < 4.78 is 1.72. The lowest BCUT2D eigenvalue weighted by atomic mass is 9.94. The molecule has 0 fully saturated rings. The fraction of sp³-hybridized carbons (Fsp3) is 0.353. The Labute approximate surface area is 140 Å². The van der Waals surface area contributed by atoms with Gasteiger partial charge in [-0.25, -0.2) is 4.79 Å². The molecule has 1 aromatic carbocycles. The third-order valence-corrected chi connectivity index (χ3v) is 4.31. The van der Waals surface area contributed by atoms with Crippen molar-refractivity contribution in [2.75, 3.05) is 13.6 Å². The van der Waals surface area contributed by atoms with Gasteiger partial charge in [-0.1, -0.05) is 12.1 Å². The number of primary amides is 1. The minimum absolute atomic E-state index is 0.0334. The van der Waals surface area contributed by atoms with E-state index >= 15 is 0 Å². The van der Waals surface area contributed by atoms with Crippen molar-refractivity contribution in [1.29, 1.82) is 0 Å². The Kier molecular flexibility index (Phi) is 4.24. The molecule has 0 aliphatic carbocycles. The van der Waals surface area contributed by atoms with Gasteiger partial charge in [0.1, 0.15) is 0 Å². The quantitative estimate of drug-likeness (QED) is 0.917. The molecule has 1 aliphatic rings. The van der Waals surface area contributed by atoms with Crippen LogP contribution in [0.1, 0.15) is 27.0 Å². The number of rotatable bonds is 3. The maximum Gasteiger partial charge on any atom is 0.320 e. The highest BCUT2D eigenvalue weighted by molar-refractivity contribution is 5.94. The van der Waals surface area contributed by atoms with E-state index in [2.05, 4.69) is 5.10 Å². The number of nitrogens with two attached hydrogens (primary N) is 1. The molecule has 0 radical (unpaired) electrons. The maximum absolute atomic E-state index is 12.7. The zero-order valence-corrected chi connectivity index (χ0v) is 13.9. The lowest BCUT2D eigenvalue weighted by Crippen LogP contribution is -2.43. The molecule has 0 unspecified atom stereocenters. The number of benzene rings is 1. The minimum atomic E-state index is -0.416. The SMILES string of the molecule is CN(Cc1cnn(C)c1)C(=O)N1CCc2c(cccc2C(N)=O)C1. The van der Waals surface area contributed by atoms with Gasteiger partial charge >= 0.3 is 6.03 Å². The third kappa shape index (κ3) is 3.10. The van der Waals surface area contributed by atoms with Crippen LogP contribution in [-0.4, -0.2) is 45.1 Å². The highest BCUT2D eigenvalue weighted by Gasteiger charge is 2.25. The van der Waals surface area contributed by atoms with Gasteiger partial charge < -0.3 is 15.5 Å². The van der Waals surface area contributed by atoms with Crippen LogP contribution in [0.5, 0.6) is 0 Å². The summed E-state index contributed by atoms with van der Waals surface area (Å²) in [5.41, 5.74) is 8.93. The number of hydrogen-bond donors (Lipinski definition) is 1. The first-order valence-corrected chi connectivity index (χ1v) is 7.84. The van der Waals surface area contributed by atoms with Crippen LogP contribution in [-0.2, 0) is 26.6 Å². The Hall–Kier alpha value is -2.83. The summed E-state index contributed by atoms with van der Waals surface area (Å²) in [6.45, 7) is 1.58. The Morgan fingerprint density at radius 2 is 2.17 bits per heavy atom. The molecule has 1 aliphatic heterocycles. The molecule has 3 rings (SSSR count). The molecule has 0 atom stereocenters. The number of carbonyl (C=O) groups is 2. The lowest BCUT2D eigenvalue weighted by Gasteiger charge is -2.32. The Balaban J connectivity index is 1.71. The summed E-state index contributed by atoms with van der Waals surface area (Å²) in [6.07, 6.45) is 4.30. The van der Waals surface area contributed by atoms with Crippen molar-refractivity contribution in [2.45, 2.75) is 19.5 Å². The van der Waals surface area contributed by atoms with Crippen molar-refractivity contribution in [2.24, 2.45) is 12.8 Å². The van der Waals surface area contributed by atoms with Crippen molar-refractivity contribution in [3.05, 3.63) is 52.8 Å². The monoisotopic (exact) mass is 327 g/mol. The van der Waals surface area contributed by atoms with Crippen molar-refractivity contribution in [3.8, 4) is 0 Å². The van der Waals surface area contributed by atoms with Gasteiger partial charge in [-0.3, -0.25) is 9.48 Å². The van der Waals surface area contributed by atoms with Crippen molar-refractivity contribution < 1.29 is 9.59 Å². The highest BCUT2D eigenvalue weighted by Crippen LogP contribution is 2.23. The first-order valence-electron chi connectivity index (χ1n) is 7.84. The van der Waals surface area contributed by atoms with E-state index in [4.69, 9.17) is 5.73 Å². The second kappa shape index (κ2) is 6.35. The molecule has 126 valence electrons. The number of aryl methyl sites for hydroxylation is 1. The number of hydrogen-bond acceptors (Lipinski definition) is 3. The number of carbonyl (C=O) groups excluding carboxylic acids is 2. The molecule has 0 bridgehead atoms. The highest BCUT2D eigenvalue weighted by atomic mass is 16.2. The number of urea groups is 1. The normalized spacial score (nSPS) is 13.5. The molecule has 24 heavy (non-hydrogen) atoms. The molecule has 2 heterocycles. The van der Waals surface area contributed by atoms with Crippen LogP contribution in [0.2, 0.25) is 0 Å². The van der Waals surface area contributed by atoms with Gasteiger partial charge in [0.25, 0.3) is 0 Å². The second-order valence-electron chi connectivity index (χ2n) is 6.14.